The van der Waals surface area contributed by atoms with Gasteiger partial charge < -0.3 is 10.4 Å². The van der Waals surface area contributed by atoms with E-state index < -0.39 is 53.0 Å². The molecule has 1 aliphatic heterocycles. The van der Waals surface area contributed by atoms with Gasteiger partial charge in [-0.1, -0.05) is 18.2 Å². The summed E-state index contributed by atoms with van der Waals surface area (Å²) in [6, 6.07) is 2.61. The Bertz CT molecular complexity index is 960. The van der Waals surface area contributed by atoms with Crippen LogP contribution in [-0.2, 0) is 6.18 Å². The Morgan fingerprint density at radius 3 is 2.37 bits per heavy atom. The molecule has 0 saturated carbocycles. The Hall–Kier alpha value is -2.60. The summed E-state index contributed by atoms with van der Waals surface area (Å²) in [6.45, 7) is 0. The fourth-order valence-corrected chi connectivity index (χ4v) is 4.07. The van der Waals surface area contributed by atoms with E-state index in [4.69, 9.17) is 0 Å². The zero-order valence-electron chi connectivity index (χ0n) is 15.1. The molecule has 1 fully saturated rings. The Morgan fingerprint density at radius 2 is 1.83 bits per heavy atom. The van der Waals surface area contributed by atoms with Crippen LogP contribution < -0.4 is 5.32 Å². The number of amides is 2. The molecular formula is C18H14F6N2O3S. The summed E-state index contributed by atoms with van der Waals surface area (Å²) in [4.78, 5) is 25.0. The maximum atomic E-state index is 14.0. The lowest BCUT2D eigenvalue weighted by Gasteiger charge is -2.49. The third-order valence-electron chi connectivity index (χ3n) is 4.90. The zero-order valence-corrected chi connectivity index (χ0v) is 15.9. The van der Waals surface area contributed by atoms with Crippen molar-refractivity contribution >= 4 is 23.2 Å². The lowest BCUT2D eigenvalue weighted by molar-refractivity contribution is -0.322. The van der Waals surface area contributed by atoms with Crippen LogP contribution in [0, 0.1) is 5.92 Å². The average Bonchev–Trinajstić information content (AvgIpc) is 3.18. The molecule has 5 nitrogen and oxygen atoms in total. The van der Waals surface area contributed by atoms with E-state index in [9.17, 15) is 41.0 Å². The van der Waals surface area contributed by atoms with Crippen LogP contribution in [0.4, 0.5) is 31.1 Å². The number of hydrogen-bond acceptors (Lipinski definition) is 4. The number of halogens is 6. The van der Waals surface area contributed by atoms with Gasteiger partial charge in [0.05, 0.1) is 16.5 Å². The summed E-state index contributed by atoms with van der Waals surface area (Å²) < 4.78 is 81.2. The number of ketones is 1. The van der Waals surface area contributed by atoms with Gasteiger partial charge in [0.1, 0.15) is 5.92 Å². The average molecular weight is 452 g/mol. The van der Waals surface area contributed by atoms with Crippen LogP contribution in [-0.4, -0.2) is 40.8 Å². The second-order valence-corrected chi connectivity index (χ2v) is 7.60. The highest BCUT2D eigenvalue weighted by molar-refractivity contribution is 7.12. The van der Waals surface area contributed by atoms with Gasteiger partial charge in [-0.3, -0.25) is 9.69 Å². The molecule has 1 aromatic heterocycles. The molecule has 2 aromatic rings. The minimum atomic E-state index is -5.48. The van der Waals surface area contributed by atoms with E-state index in [0.717, 1.165) is 23.5 Å². The number of carbonyl (C=O) groups is 2. The number of Topliss-reactive ketones (excluding diaryl/α,β-unsaturated/α-hetero) is 1. The first kappa shape index (κ1) is 22.1. The molecule has 2 N–H and O–H groups in total. The van der Waals surface area contributed by atoms with Crippen molar-refractivity contribution in [1.82, 2.24) is 10.2 Å². The van der Waals surface area contributed by atoms with Crippen molar-refractivity contribution < 1.29 is 41.0 Å². The van der Waals surface area contributed by atoms with E-state index >= 15 is 0 Å². The maximum Gasteiger partial charge on any atom is 0.437 e. The van der Waals surface area contributed by atoms with Crippen LogP contribution >= 0.6 is 11.3 Å². The van der Waals surface area contributed by atoms with Gasteiger partial charge in [-0.25, -0.2) is 4.79 Å². The smallest absolute Gasteiger partial charge is 0.363 e. The van der Waals surface area contributed by atoms with Gasteiger partial charge in [-0.05, 0) is 29.1 Å². The Morgan fingerprint density at radius 1 is 1.17 bits per heavy atom. The molecule has 3 atom stereocenters. The van der Waals surface area contributed by atoms with Gasteiger partial charge in [-0.2, -0.15) is 26.3 Å². The third-order valence-corrected chi connectivity index (χ3v) is 5.78. The summed E-state index contributed by atoms with van der Waals surface area (Å²) >= 11 is 0.803. The highest BCUT2D eigenvalue weighted by atomic mass is 32.1. The number of alkyl halides is 6. The predicted molar refractivity (Wildman–Crippen MR) is 93.6 cm³/mol. The maximum absolute atomic E-state index is 14.0. The van der Waals surface area contributed by atoms with Crippen LogP contribution in [0.25, 0.3) is 0 Å². The van der Waals surface area contributed by atoms with E-state index in [-0.39, 0.29) is 9.78 Å². The highest BCUT2D eigenvalue weighted by Gasteiger charge is 2.69. The minimum absolute atomic E-state index is 0.0622. The summed E-state index contributed by atoms with van der Waals surface area (Å²) in [6.07, 6.45) is -10.3. The third kappa shape index (κ3) is 3.54. The van der Waals surface area contributed by atoms with Crippen molar-refractivity contribution in [2.75, 3.05) is 7.05 Å². The first-order valence-corrected chi connectivity index (χ1v) is 9.24. The fourth-order valence-electron chi connectivity index (χ4n) is 3.37. The van der Waals surface area contributed by atoms with Crippen LogP contribution in [0.1, 0.15) is 26.8 Å². The molecule has 0 bridgehead atoms. The Balaban J connectivity index is 2.22. The summed E-state index contributed by atoms with van der Waals surface area (Å²) in [5.74, 6) is -3.53. The molecule has 1 aromatic carbocycles. The minimum Gasteiger partial charge on any atom is -0.363 e. The number of aliphatic hydroxyl groups is 1. The van der Waals surface area contributed by atoms with E-state index in [1.807, 2.05) is 0 Å². The lowest BCUT2D eigenvalue weighted by atomic mass is 9.77. The second kappa shape index (κ2) is 7.27. The lowest BCUT2D eigenvalue weighted by Crippen LogP contribution is -2.72. The number of nitrogens with one attached hydrogen (secondary N) is 1. The number of urea groups is 1. The van der Waals surface area contributed by atoms with Gasteiger partial charge in [0, 0.05) is 7.05 Å². The Kier molecular flexibility index (Phi) is 5.35. The molecule has 30 heavy (non-hydrogen) atoms. The topological polar surface area (TPSA) is 69.6 Å². The number of benzene rings is 1. The van der Waals surface area contributed by atoms with E-state index in [0.29, 0.717) is 19.2 Å². The number of nitrogens with zero attached hydrogens (tertiary/aromatic N) is 1. The second-order valence-electron chi connectivity index (χ2n) is 6.65. The van der Waals surface area contributed by atoms with Gasteiger partial charge in [0.15, 0.2) is 5.78 Å². The van der Waals surface area contributed by atoms with Crippen molar-refractivity contribution in [3.63, 3.8) is 0 Å². The van der Waals surface area contributed by atoms with Crippen molar-refractivity contribution in [3.8, 4) is 0 Å². The summed E-state index contributed by atoms with van der Waals surface area (Å²) in [7, 11) is 0.653. The van der Waals surface area contributed by atoms with E-state index in [2.05, 4.69) is 5.32 Å². The molecule has 1 saturated heterocycles. The zero-order chi connectivity index (χ0) is 22.5. The van der Waals surface area contributed by atoms with Crippen molar-refractivity contribution in [3.05, 3.63) is 57.8 Å². The van der Waals surface area contributed by atoms with Crippen molar-refractivity contribution in [1.29, 1.82) is 0 Å². The molecule has 0 spiro atoms. The normalized spacial score (nSPS) is 25.2. The Labute approximate surface area is 169 Å². The number of hydrogen-bond donors (Lipinski definition) is 2. The number of rotatable bonds is 3. The monoisotopic (exact) mass is 452 g/mol. The quantitative estimate of drug-likeness (QED) is 0.542. The van der Waals surface area contributed by atoms with E-state index in [1.54, 1.807) is 0 Å². The number of carbonyl (C=O) groups excluding carboxylic acids is 2. The first-order valence-electron chi connectivity index (χ1n) is 8.36. The van der Waals surface area contributed by atoms with Crippen LogP contribution in [0.2, 0.25) is 0 Å². The number of thiophene rings is 1. The fraction of sp³-hybridized carbons (Fsp3) is 0.333. The van der Waals surface area contributed by atoms with Crippen LogP contribution in [0.5, 0.6) is 0 Å². The molecule has 2 amide bonds. The van der Waals surface area contributed by atoms with Gasteiger partial charge in [0.2, 0.25) is 0 Å². The molecular weight excluding hydrogens is 438 g/mol. The molecule has 0 aliphatic carbocycles. The van der Waals surface area contributed by atoms with Crippen LogP contribution in [0.3, 0.4) is 0 Å². The van der Waals surface area contributed by atoms with Crippen LogP contribution in [0.15, 0.2) is 41.8 Å². The molecule has 12 heteroatoms. The molecule has 2 heterocycles. The van der Waals surface area contributed by atoms with E-state index in [1.165, 1.54) is 17.5 Å². The van der Waals surface area contributed by atoms with Crippen molar-refractivity contribution in [2.45, 2.75) is 24.1 Å². The first-order chi connectivity index (χ1) is 13.8. The SMILES string of the molecule is CN1C(=O)N[C@@H](c2cccc(C(F)(F)F)c2)[C@@H](C(=O)c2cccs2)[C@@]1(O)C(F)(F)F. The largest absolute Gasteiger partial charge is 0.437 e. The van der Waals surface area contributed by atoms with Gasteiger partial charge >= 0.3 is 18.4 Å². The van der Waals surface area contributed by atoms with Crippen molar-refractivity contribution in [2.24, 2.45) is 5.92 Å². The molecule has 0 radical (unpaired) electrons. The van der Waals surface area contributed by atoms with Gasteiger partial charge in [0.25, 0.3) is 5.72 Å². The predicted octanol–water partition coefficient (Wildman–Crippen LogP) is 4.21. The van der Waals surface area contributed by atoms with Gasteiger partial charge in [-0.15, -0.1) is 11.3 Å². The molecule has 0 unspecified atom stereocenters. The summed E-state index contributed by atoms with van der Waals surface area (Å²) in [5.41, 5.74) is -5.52. The standard InChI is InChI=1S/C18H14F6N2O3S/c1-26-15(28)25-13(9-4-2-5-10(8-9)17(19,20)21)12(16(26,29)18(22,23)24)14(27)11-6-3-7-30-11/h2-8,12-13,29H,1H3,(H,25,28)/t12-,13-,16+/m0/s1. The molecule has 3 rings (SSSR count). The molecule has 162 valence electrons. The molecule has 1 aliphatic rings. The summed E-state index contributed by atoms with van der Waals surface area (Å²) in [5, 5.41) is 14.2. The highest BCUT2D eigenvalue weighted by Crippen LogP contribution is 2.48.